The van der Waals surface area contributed by atoms with Crippen LogP contribution in [0.2, 0.25) is 0 Å². The molecular weight excluding hydrogens is 470 g/mol. The standard InChI is InChI=1S/C30H29NO6/c1-34-28(32)30(29(33)35-2)18-24(15-13-21-9-5-3-6-10-21)31(19-22-11-7-4-8-12-22)27(30)23-14-16-25-26(17-23)37-20-36-25/h3-17,24,27H,18-20H2,1-2H3/b15-13+/t24-,27+/m0/s1. The van der Waals surface area contributed by atoms with Gasteiger partial charge in [0.2, 0.25) is 6.79 Å². The number of carbonyl (C=O) groups is 2. The third-order valence-corrected chi connectivity index (χ3v) is 7.09. The molecule has 190 valence electrons. The summed E-state index contributed by atoms with van der Waals surface area (Å²) in [5.41, 5.74) is 1.23. The van der Waals surface area contributed by atoms with Crippen LogP contribution in [0, 0.1) is 5.41 Å². The van der Waals surface area contributed by atoms with Gasteiger partial charge in [0.25, 0.3) is 0 Å². The molecule has 0 radical (unpaired) electrons. The summed E-state index contributed by atoms with van der Waals surface area (Å²) >= 11 is 0. The smallest absolute Gasteiger partial charge is 0.325 e. The lowest BCUT2D eigenvalue weighted by Crippen LogP contribution is -2.45. The van der Waals surface area contributed by atoms with E-state index in [1.54, 1.807) is 0 Å². The molecule has 0 saturated carbocycles. The Morgan fingerprint density at radius 1 is 0.919 bits per heavy atom. The van der Waals surface area contributed by atoms with E-state index in [-0.39, 0.29) is 19.3 Å². The minimum Gasteiger partial charge on any atom is -0.468 e. The van der Waals surface area contributed by atoms with Crippen LogP contribution in [0.15, 0.2) is 84.9 Å². The molecule has 37 heavy (non-hydrogen) atoms. The number of rotatable bonds is 7. The second-order valence-corrected chi connectivity index (χ2v) is 9.17. The predicted molar refractivity (Wildman–Crippen MR) is 138 cm³/mol. The zero-order chi connectivity index (χ0) is 25.8. The number of likely N-dealkylation sites (tertiary alicyclic amines) is 1. The Bertz CT molecular complexity index is 1270. The molecular formula is C30H29NO6. The molecule has 1 fully saturated rings. The van der Waals surface area contributed by atoms with Crippen molar-refractivity contribution in [2.45, 2.75) is 25.0 Å². The average molecular weight is 500 g/mol. The number of methoxy groups -OCH3 is 2. The Labute approximate surface area is 216 Å². The van der Waals surface area contributed by atoms with Gasteiger partial charge in [-0.15, -0.1) is 0 Å². The number of hydrogen-bond donors (Lipinski definition) is 0. The van der Waals surface area contributed by atoms with Crippen molar-refractivity contribution in [3.05, 3.63) is 102 Å². The number of nitrogens with zero attached hydrogens (tertiary/aromatic N) is 1. The van der Waals surface area contributed by atoms with Gasteiger partial charge < -0.3 is 18.9 Å². The van der Waals surface area contributed by atoms with Crippen molar-refractivity contribution in [3.63, 3.8) is 0 Å². The minimum absolute atomic E-state index is 0.124. The quantitative estimate of drug-likeness (QED) is 0.342. The van der Waals surface area contributed by atoms with Crippen molar-refractivity contribution in [1.82, 2.24) is 4.90 Å². The average Bonchev–Trinajstić information content (AvgIpc) is 3.54. The highest BCUT2D eigenvalue weighted by atomic mass is 16.7. The van der Waals surface area contributed by atoms with Gasteiger partial charge in [0.15, 0.2) is 16.9 Å². The molecule has 2 aliphatic rings. The molecule has 0 spiro atoms. The van der Waals surface area contributed by atoms with Crippen LogP contribution >= 0.6 is 0 Å². The highest BCUT2D eigenvalue weighted by Gasteiger charge is 2.63. The number of esters is 2. The summed E-state index contributed by atoms with van der Waals surface area (Å²) in [6.07, 6.45) is 4.26. The summed E-state index contributed by atoms with van der Waals surface area (Å²) in [6, 6.07) is 24.5. The van der Waals surface area contributed by atoms with Crippen LogP contribution in [0.25, 0.3) is 6.08 Å². The van der Waals surface area contributed by atoms with Crippen LogP contribution in [0.3, 0.4) is 0 Å². The zero-order valence-corrected chi connectivity index (χ0v) is 20.8. The van der Waals surface area contributed by atoms with E-state index in [2.05, 4.69) is 4.90 Å². The number of fused-ring (bicyclic) bond motifs is 1. The summed E-state index contributed by atoms with van der Waals surface area (Å²) < 4.78 is 21.7. The van der Waals surface area contributed by atoms with Crippen molar-refractivity contribution in [1.29, 1.82) is 0 Å². The van der Waals surface area contributed by atoms with E-state index in [1.165, 1.54) is 14.2 Å². The van der Waals surface area contributed by atoms with Gasteiger partial charge in [0.05, 0.1) is 20.3 Å². The Kier molecular flexibility index (Phi) is 6.97. The normalized spacial score (nSPS) is 20.2. The number of hydrogen-bond acceptors (Lipinski definition) is 7. The first-order valence-corrected chi connectivity index (χ1v) is 12.2. The van der Waals surface area contributed by atoms with Crippen LogP contribution in [-0.2, 0) is 25.6 Å². The third-order valence-electron chi connectivity index (χ3n) is 7.09. The van der Waals surface area contributed by atoms with E-state index in [1.807, 2.05) is 91.0 Å². The highest BCUT2D eigenvalue weighted by Crippen LogP contribution is 2.54. The molecule has 2 heterocycles. The molecule has 2 aliphatic heterocycles. The summed E-state index contributed by atoms with van der Waals surface area (Å²) in [5.74, 6) is -0.0611. The first-order valence-electron chi connectivity index (χ1n) is 12.2. The Morgan fingerprint density at radius 3 is 2.24 bits per heavy atom. The van der Waals surface area contributed by atoms with Gasteiger partial charge in [0.1, 0.15) is 0 Å². The van der Waals surface area contributed by atoms with Crippen LogP contribution in [0.5, 0.6) is 11.5 Å². The van der Waals surface area contributed by atoms with Crippen LogP contribution < -0.4 is 9.47 Å². The van der Waals surface area contributed by atoms with Gasteiger partial charge in [-0.25, -0.2) is 0 Å². The van der Waals surface area contributed by atoms with Crippen molar-refractivity contribution < 1.29 is 28.5 Å². The molecule has 5 rings (SSSR count). The SMILES string of the molecule is COC(=O)C1(C(=O)OC)C[C@H](/C=C/c2ccccc2)N(Cc2ccccc2)[C@@H]1c1ccc2c(c1)OCO2. The fourth-order valence-electron chi connectivity index (χ4n) is 5.40. The lowest BCUT2D eigenvalue weighted by Gasteiger charge is -2.35. The molecule has 7 heteroatoms. The summed E-state index contributed by atoms with van der Waals surface area (Å²) in [4.78, 5) is 29.3. The van der Waals surface area contributed by atoms with E-state index in [0.717, 1.165) is 16.7 Å². The fourth-order valence-corrected chi connectivity index (χ4v) is 5.40. The van der Waals surface area contributed by atoms with E-state index >= 15 is 0 Å². The summed E-state index contributed by atoms with van der Waals surface area (Å²) in [7, 11) is 2.61. The zero-order valence-electron chi connectivity index (χ0n) is 20.8. The lowest BCUT2D eigenvalue weighted by molar-refractivity contribution is -0.171. The second kappa shape index (κ2) is 10.5. The maximum atomic E-state index is 13.5. The van der Waals surface area contributed by atoms with Gasteiger partial charge in [0, 0.05) is 12.6 Å². The Morgan fingerprint density at radius 2 is 1.57 bits per heavy atom. The molecule has 1 saturated heterocycles. The molecule has 3 aromatic rings. The van der Waals surface area contributed by atoms with Gasteiger partial charge in [-0.1, -0.05) is 78.9 Å². The molecule has 0 N–H and O–H groups in total. The Hall–Kier alpha value is -4.10. The molecule has 0 bridgehead atoms. The van der Waals surface area contributed by atoms with Crippen molar-refractivity contribution in [3.8, 4) is 11.5 Å². The molecule has 2 atom stereocenters. The van der Waals surface area contributed by atoms with E-state index in [4.69, 9.17) is 18.9 Å². The van der Waals surface area contributed by atoms with E-state index < -0.39 is 23.4 Å². The van der Waals surface area contributed by atoms with Crippen LogP contribution in [0.4, 0.5) is 0 Å². The molecule has 0 amide bonds. The summed E-state index contributed by atoms with van der Waals surface area (Å²) in [5, 5.41) is 0. The van der Waals surface area contributed by atoms with Gasteiger partial charge in [-0.05, 0) is 35.2 Å². The minimum atomic E-state index is -1.59. The number of ether oxygens (including phenoxy) is 4. The van der Waals surface area contributed by atoms with Gasteiger partial charge in [-0.2, -0.15) is 0 Å². The van der Waals surface area contributed by atoms with E-state index in [9.17, 15) is 9.59 Å². The van der Waals surface area contributed by atoms with Crippen LogP contribution in [-0.4, -0.2) is 43.9 Å². The molecule has 7 nitrogen and oxygen atoms in total. The Balaban J connectivity index is 1.67. The summed E-state index contributed by atoms with van der Waals surface area (Å²) in [6.45, 7) is 0.623. The third kappa shape index (κ3) is 4.58. The number of carbonyl (C=O) groups excluding carboxylic acids is 2. The largest absolute Gasteiger partial charge is 0.468 e. The van der Waals surface area contributed by atoms with Crippen LogP contribution in [0.1, 0.15) is 29.2 Å². The lowest BCUT2D eigenvalue weighted by atomic mass is 9.76. The predicted octanol–water partition coefficient (Wildman–Crippen LogP) is 4.78. The van der Waals surface area contributed by atoms with Gasteiger partial charge in [-0.3, -0.25) is 14.5 Å². The van der Waals surface area contributed by atoms with Crippen molar-refractivity contribution >= 4 is 18.0 Å². The second-order valence-electron chi connectivity index (χ2n) is 9.17. The van der Waals surface area contributed by atoms with Crippen molar-refractivity contribution in [2.24, 2.45) is 5.41 Å². The first-order chi connectivity index (χ1) is 18.1. The maximum Gasteiger partial charge on any atom is 0.325 e. The number of benzene rings is 3. The molecule has 0 aliphatic carbocycles. The molecule has 0 aromatic heterocycles. The maximum absolute atomic E-state index is 13.5. The monoisotopic (exact) mass is 499 g/mol. The highest BCUT2D eigenvalue weighted by molar-refractivity contribution is 6.02. The molecule has 0 unspecified atom stereocenters. The topological polar surface area (TPSA) is 74.3 Å². The van der Waals surface area contributed by atoms with Gasteiger partial charge >= 0.3 is 11.9 Å². The van der Waals surface area contributed by atoms with E-state index in [0.29, 0.717) is 18.0 Å². The van der Waals surface area contributed by atoms with Crippen molar-refractivity contribution in [2.75, 3.05) is 21.0 Å². The molecule has 3 aromatic carbocycles. The fraction of sp³-hybridized carbons (Fsp3) is 0.267. The first kappa shape index (κ1) is 24.6.